The molecule has 0 spiro atoms. The molecule has 1 aromatic heterocycles. The van der Waals surface area contributed by atoms with Gasteiger partial charge in [-0.05, 0) is 36.8 Å². The van der Waals surface area contributed by atoms with Gasteiger partial charge < -0.3 is 9.88 Å². The summed E-state index contributed by atoms with van der Waals surface area (Å²) in [7, 11) is 0. The van der Waals surface area contributed by atoms with E-state index in [9.17, 15) is 0 Å². The molecule has 0 saturated carbocycles. The third-order valence-corrected chi connectivity index (χ3v) is 5.92. The minimum absolute atomic E-state index is 0.0551. The smallest absolute Gasteiger partial charge is 0.138 e. The van der Waals surface area contributed by atoms with E-state index in [0.29, 0.717) is 12.0 Å². The fourth-order valence-electron chi connectivity index (χ4n) is 4.13. The molecule has 1 fully saturated rings. The van der Waals surface area contributed by atoms with Gasteiger partial charge in [0.25, 0.3) is 0 Å². The second-order valence-electron chi connectivity index (χ2n) is 7.60. The Morgan fingerprint density at radius 1 is 1.24 bits per heavy atom. The fourth-order valence-corrected chi connectivity index (χ4v) is 4.25. The van der Waals surface area contributed by atoms with E-state index in [0.717, 1.165) is 40.1 Å². The highest BCUT2D eigenvalue weighted by molar-refractivity contribution is 6.30. The molecule has 0 amide bonds. The first-order valence-corrected chi connectivity index (χ1v) is 9.31. The molecule has 25 heavy (non-hydrogen) atoms. The third-order valence-electron chi connectivity index (χ3n) is 5.67. The molecule has 2 atom stereocenters. The number of aromatic nitrogens is 2. The minimum Gasteiger partial charge on any atom is -0.368 e. The molecule has 1 N–H and O–H groups in total. The molecule has 1 saturated heterocycles. The number of nitrogens with zero attached hydrogens (tertiary/aromatic N) is 2. The van der Waals surface area contributed by atoms with Gasteiger partial charge in [0, 0.05) is 34.2 Å². The van der Waals surface area contributed by atoms with Gasteiger partial charge in [-0.25, -0.2) is 4.98 Å². The van der Waals surface area contributed by atoms with Crippen LogP contribution in [-0.4, -0.2) is 27.5 Å². The van der Waals surface area contributed by atoms with E-state index < -0.39 is 0 Å². The molecule has 1 aliphatic heterocycles. The second-order valence-corrected chi connectivity index (χ2v) is 8.04. The first kappa shape index (κ1) is 16.5. The number of likely N-dealkylation sites (tertiary alicyclic amines) is 1. The van der Waals surface area contributed by atoms with Crippen LogP contribution in [0.2, 0.25) is 5.02 Å². The Hall–Kier alpha value is -2.00. The second kappa shape index (κ2) is 5.77. The number of aromatic amines is 1. The number of rotatable bonds is 3. The molecule has 2 aliphatic rings. The number of hydrogen-bond acceptors (Lipinski definition) is 2. The highest BCUT2D eigenvalue weighted by Crippen LogP contribution is 2.48. The van der Waals surface area contributed by atoms with Gasteiger partial charge in [-0.1, -0.05) is 45.0 Å². The summed E-state index contributed by atoms with van der Waals surface area (Å²) < 4.78 is 0. The topological polar surface area (TPSA) is 31.9 Å². The number of benzene rings is 1. The predicted octanol–water partition coefficient (Wildman–Crippen LogP) is 3.56. The van der Waals surface area contributed by atoms with Crippen molar-refractivity contribution in [2.24, 2.45) is 11.3 Å². The van der Waals surface area contributed by atoms with E-state index in [2.05, 4.69) is 49.4 Å². The van der Waals surface area contributed by atoms with Gasteiger partial charge in [-0.15, -0.1) is 0 Å². The highest BCUT2D eigenvalue weighted by atomic mass is 35.5. The van der Waals surface area contributed by atoms with Gasteiger partial charge in [0.1, 0.15) is 5.82 Å². The summed E-state index contributed by atoms with van der Waals surface area (Å²) in [5.41, 5.74) is 2.35. The van der Waals surface area contributed by atoms with Crippen LogP contribution in [0.3, 0.4) is 0 Å². The van der Waals surface area contributed by atoms with Gasteiger partial charge in [-0.2, -0.15) is 0 Å². The summed E-state index contributed by atoms with van der Waals surface area (Å²) in [5, 5.41) is 2.89. The number of fused-ring (bicyclic) bond motifs is 2. The van der Waals surface area contributed by atoms with Crippen LogP contribution in [0.25, 0.3) is 23.5 Å². The fraction of sp³-hybridized carbons (Fsp3) is 0.381. The third kappa shape index (κ3) is 2.53. The van der Waals surface area contributed by atoms with Crippen LogP contribution in [0, 0.1) is 11.3 Å². The van der Waals surface area contributed by atoms with Crippen LogP contribution in [0.5, 0.6) is 0 Å². The lowest BCUT2D eigenvalue weighted by Crippen LogP contribution is -2.40. The Bertz CT molecular complexity index is 937. The minimum atomic E-state index is 0.0551. The van der Waals surface area contributed by atoms with Crippen molar-refractivity contribution in [2.45, 2.75) is 33.2 Å². The maximum Gasteiger partial charge on any atom is 0.138 e. The van der Waals surface area contributed by atoms with Crippen molar-refractivity contribution in [2.75, 3.05) is 6.54 Å². The van der Waals surface area contributed by atoms with Crippen molar-refractivity contribution in [3.8, 4) is 11.4 Å². The predicted molar refractivity (Wildman–Crippen MR) is 104 cm³/mol. The Kier molecular flexibility index (Phi) is 3.80. The highest BCUT2D eigenvalue weighted by Gasteiger charge is 2.48. The maximum atomic E-state index is 6.00. The van der Waals surface area contributed by atoms with Crippen molar-refractivity contribution in [1.82, 2.24) is 14.9 Å². The van der Waals surface area contributed by atoms with Crippen LogP contribution in [-0.2, 0) is 0 Å². The average Bonchev–Trinajstić information content (AvgIpc) is 3.08. The van der Waals surface area contributed by atoms with Gasteiger partial charge in [0.15, 0.2) is 0 Å². The van der Waals surface area contributed by atoms with Crippen LogP contribution in [0.15, 0.2) is 36.5 Å². The van der Waals surface area contributed by atoms with Crippen molar-refractivity contribution >= 4 is 23.8 Å². The Balaban J connectivity index is 1.81. The number of nitrogens with one attached hydrogen (secondary N) is 1. The van der Waals surface area contributed by atoms with E-state index in [-0.39, 0.29) is 5.41 Å². The van der Waals surface area contributed by atoms with Crippen molar-refractivity contribution in [3.63, 3.8) is 0 Å². The summed E-state index contributed by atoms with van der Waals surface area (Å²) in [4.78, 5) is 10.8. The van der Waals surface area contributed by atoms with Crippen LogP contribution >= 0.6 is 11.6 Å². The lowest BCUT2D eigenvalue weighted by molar-refractivity contribution is 0.332. The lowest BCUT2D eigenvalue weighted by atomic mass is 9.76. The molecule has 2 unspecified atom stereocenters. The number of halogens is 1. The molecule has 0 bridgehead atoms. The maximum absolute atomic E-state index is 6.00. The normalized spacial score (nSPS) is 23.7. The zero-order valence-corrected chi connectivity index (χ0v) is 15.8. The summed E-state index contributed by atoms with van der Waals surface area (Å²) in [6.07, 6.45) is 5.79. The summed E-state index contributed by atoms with van der Waals surface area (Å²) >= 11 is 6.00. The standard InChI is InChI=1S/C21H24ClN3/c1-5-10-25-13(2)21(3,4)16-11-17-18(12-19(16)25)24-20(23-17)14-6-8-15(22)9-7-14/h6-9,11-12,16,19H,2,5,10H2,1,3-4H3,(H,23,24). The SMILES string of the molecule is C=C1N(CCC)C2C=c3nc(-c4ccc(Cl)cc4)[nH]c3=CC2C1(C)C. The Morgan fingerprint density at radius 2 is 1.96 bits per heavy atom. The number of hydrogen-bond donors (Lipinski definition) is 1. The molecule has 1 aromatic carbocycles. The molecule has 2 heterocycles. The van der Waals surface area contributed by atoms with Crippen LogP contribution in [0.4, 0.5) is 0 Å². The molecular weight excluding hydrogens is 330 g/mol. The number of imidazole rings is 1. The van der Waals surface area contributed by atoms with E-state index in [4.69, 9.17) is 16.6 Å². The molecule has 1 aliphatic carbocycles. The molecule has 0 radical (unpaired) electrons. The van der Waals surface area contributed by atoms with Gasteiger partial charge in [-0.3, -0.25) is 0 Å². The molecule has 2 aromatic rings. The number of allylic oxidation sites excluding steroid dienone is 1. The summed E-state index contributed by atoms with van der Waals surface area (Å²) in [5.74, 6) is 1.31. The Morgan fingerprint density at radius 3 is 2.64 bits per heavy atom. The van der Waals surface area contributed by atoms with E-state index in [1.54, 1.807) is 0 Å². The monoisotopic (exact) mass is 353 g/mol. The average molecular weight is 354 g/mol. The zero-order chi connectivity index (χ0) is 17.8. The van der Waals surface area contributed by atoms with Crippen molar-refractivity contribution < 1.29 is 0 Å². The van der Waals surface area contributed by atoms with Gasteiger partial charge in [0.05, 0.1) is 16.7 Å². The molecule has 4 rings (SSSR count). The summed E-state index contributed by atoms with van der Waals surface area (Å²) in [6, 6.07) is 8.15. The number of H-pyrrole nitrogens is 1. The van der Waals surface area contributed by atoms with Crippen molar-refractivity contribution in [3.05, 3.63) is 52.3 Å². The molecular formula is C21H24ClN3. The van der Waals surface area contributed by atoms with Crippen molar-refractivity contribution in [1.29, 1.82) is 0 Å². The lowest BCUT2D eigenvalue weighted by Gasteiger charge is -2.27. The largest absolute Gasteiger partial charge is 0.368 e. The first-order chi connectivity index (χ1) is 11.9. The van der Waals surface area contributed by atoms with E-state index >= 15 is 0 Å². The first-order valence-electron chi connectivity index (χ1n) is 8.93. The Labute approximate surface area is 153 Å². The van der Waals surface area contributed by atoms with E-state index in [1.807, 2.05) is 24.3 Å². The van der Waals surface area contributed by atoms with Gasteiger partial charge in [0.2, 0.25) is 0 Å². The van der Waals surface area contributed by atoms with E-state index in [1.165, 1.54) is 5.70 Å². The van der Waals surface area contributed by atoms with Crippen LogP contribution in [0.1, 0.15) is 27.2 Å². The van der Waals surface area contributed by atoms with Gasteiger partial charge >= 0.3 is 0 Å². The van der Waals surface area contributed by atoms with Crippen LogP contribution < -0.4 is 10.7 Å². The molecule has 4 heteroatoms. The molecule has 3 nitrogen and oxygen atoms in total. The molecule has 130 valence electrons. The zero-order valence-electron chi connectivity index (χ0n) is 15.0. The quantitative estimate of drug-likeness (QED) is 0.915. The summed E-state index contributed by atoms with van der Waals surface area (Å²) in [6.45, 7) is 12.3.